The van der Waals surface area contributed by atoms with Crippen LogP contribution in [0.15, 0.2) is 0 Å². The van der Waals surface area contributed by atoms with Crippen molar-refractivity contribution >= 4 is 11.8 Å². The molecular weight excluding hydrogens is 184 g/mol. The zero-order valence-corrected chi connectivity index (χ0v) is 7.95. The van der Waals surface area contributed by atoms with Crippen LogP contribution in [-0.2, 0) is 9.59 Å². The Bertz CT molecular complexity index is 231. The fourth-order valence-corrected chi connectivity index (χ4v) is 1.34. The lowest BCUT2D eigenvalue weighted by molar-refractivity contribution is -0.125. The van der Waals surface area contributed by atoms with Gasteiger partial charge in [-0.1, -0.05) is 0 Å². The molecule has 6 nitrogen and oxygen atoms in total. The lowest BCUT2D eigenvalue weighted by Gasteiger charge is -2.23. The summed E-state index contributed by atoms with van der Waals surface area (Å²) in [5.41, 5.74) is 10.4. The summed E-state index contributed by atoms with van der Waals surface area (Å²) in [6, 6.07) is -0.973. The maximum atomic E-state index is 11.2. The lowest BCUT2D eigenvalue weighted by atomic mass is 10.1. The first kappa shape index (κ1) is 10.9. The number of nitrogens with two attached hydrogens (primary N) is 2. The Labute approximate surface area is 82.4 Å². The molecule has 0 aromatic carbocycles. The van der Waals surface area contributed by atoms with Gasteiger partial charge < -0.3 is 22.1 Å². The Morgan fingerprint density at radius 1 is 1.71 bits per heavy atom. The van der Waals surface area contributed by atoms with Crippen LogP contribution in [-0.4, -0.2) is 37.0 Å². The minimum atomic E-state index is -0.732. The monoisotopic (exact) mass is 200 g/mol. The summed E-state index contributed by atoms with van der Waals surface area (Å²) in [6.07, 6.45) is 1.71. The summed E-state index contributed by atoms with van der Waals surface area (Å²) < 4.78 is 0. The lowest BCUT2D eigenvalue weighted by Crippen LogP contribution is -2.53. The third-order valence-electron chi connectivity index (χ3n) is 2.23. The number of primary amides is 1. The summed E-state index contributed by atoms with van der Waals surface area (Å²) in [7, 11) is 0. The predicted molar refractivity (Wildman–Crippen MR) is 51.2 cm³/mol. The van der Waals surface area contributed by atoms with Gasteiger partial charge in [-0.25, -0.2) is 0 Å². The van der Waals surface area contributed by atoms with E-state index in [1.54, 1.807) is 0 Å². The average Bonchev–Trinajstić information content (AvgIpc) is 2.16. The molecule has 80 valence electrons. The first-order valence-corrected chi connectivity index (χ1v) is 4.67. The van der Waals surface area contributed by atoms with Crippen LogP contribution in [0.3, 0.4) is 0 Å². The molecule has 1 fully saturated rings. The van der Waals surface area contributed by atoms with E-state index < -0.39 is 11.9 Å². The summed E-state index contributed by atoms with van der Waals surface area (Å²) >= 11 is 0. The highest BCUT2D eigenvalue weighted by molar-refractivity contribution is 5.83. The molecule has 1 aliphatic heterocycles. The van der Waals surface area contributed by atoms with Gasteiger partial charge in [-0.3, -0.25) is 9.59 Å². The van der Waals surface area contributed by atoms with Crippen molar-refractivity contribution in [2.75, 3.05) is 13.1 Å². The number of carbonyl (C=O) groups is 2. The van der Waals surface area contributed by atoms with Crippen molar-refractivity contribution in [2.45, 2.75) is 24.9 Å². The van der Waals surface area contributed by atoms with Crippen molar-refractivity contribution in [2.24, 2.45) is 11.5 Å². The smallest absolute Gasteiger partial charge is 0.237 e. The van der Waals surface area contributed by atoms with Gasteiger partial charge >= 0.3 is 0 Å². The summed E-state index contributed by atoms with van der Waals surface area (Å²) in [4.78, 5) is 21.9. The van der Waals surface area contributed by atoms with Gasteiger partial charge in [0.05, 0.1) is 12.1 Å². The van der Waals surface area contributed by atoms with Gasteiger partial charge in [-0.2, -0.15) is 0 Å². The van der Waals surface area contributed by atoms with Gasteiger partial charge in [0.15, 0.2) is 0 Å². The maximum Gasteiger partial charge on any atom is 0.237 e. The topological polar surface area (TPSA) is 110 Å². The van der Waals surface area contributed by atoms with Crippen LogP contribution in [0.25, 0.3) is 0 Å². The van der Waals surface area contributed by atoms with Gasteiger partial charge in [-0.15, -0.1) is 0 Å². The van der Waals surface area contributed by atoms with Crippen LogP contribution in [0, 0.1) is 0 Å². The van der Waals surface area contributed by atoms with Gasteiger partial charge in [0, 0.05) is 13.1 Å². The first-order chi connectivity index (χ1) is 6.61. The van der Waals surface area contributed by atoms with Crippen molar-refractivity contribution in [1.82, 2.24) is 10.6 Å². The van der Waals surface area contributed by atoms with E-state index >= 15 is 0 Å². The van der Waals surface area contributed by atoms with E-state index in [2.05, 4.69) is 10.6 Å². The van der Waals surface area contributed by atoms with Crippen molar-refractivity contribution in [3.63, 3.8) is 0 Å². The van der Waals surface area contributed by atoms with Crippen LogP contribution in [0.1, 0.15) is 12.8 Å². The predicted octanol–water partition coefficient (Wildman–Crippen LogP) is -2.33. The maximum absolute atomic E-state index is 11.2. The summed E-state index contributed by atoms with van der Waals surface area (Å²) in [5.74, 6) is -0.596. The molecule has 0 spiro atoms. The molecule has 0 radical (unpaired) electrons. The Hall–Kier alpha value is -1.14. The van der Waals surface area contributed by atoms with E-state index in [1.807, 2.05) is 0 Å². The number of carbonyl (C=O) groups excluding carboxylic acids is 2. The first-order valence-electron chi connectivity index (χ1n) is 4.67. The van der Waals surface area contributed by atoms with Gasteiger partial charge in [0.25, 0.3) is 0 Å². The number of piperidine rings is 1. The summed E-state index contributed by atoms with van der Waals surface area (Å²) in [5, 5.41) is 5.64. The number of amides is 2. The van der Waals surface area contributed by atoms with Crippen LogP contribution in [0.2, 0.25) is 0 Å². The molecule has 0 saturated carbocycles. The highest BCUT2D eigenvalue weighted by atomic mass is 16.2. The molecule has 1 rings (SSSR count). The van der Waals surface area contributed by atoms with Crippen LogP contribution in [0.4, 0.5) is 0 Å². The second kappa shape index (κ2) is 4.92. The second-order valence-electron chi connectivity index (χ2n) is 3.40. The minimum absolute atomic E-state index is 0.0343. The van der Waals surface area contributed by atoms with E-state index in [4.69, 9.17) is 11.5 Å². The van der Waals surface area contributed by atoms with Gasteiger partial charge in [0.2, 0.25) is 11.8 Å². The summed E-state index contributed by atoms with van der Waals surface area (Å²) in [6.45, 7) is 0.965. The molecule has 6 heteroatoms. The molecule has 2 unspecified atom stereocenters. The Morgan fingerprint density at radius 3 is 3.00 bits per heavy atom. The third kappa shape index (κ3) is 2.97. The fraction of sp³-hybridized carbons (Fsp3) is 0.750. The van der Waals surface area contributed by atoms with E-state index in [0.717, 1.165) is 19.4 Å². The zero-order valence-electron chi connectivity index (χ0n) is 7.95. The Kier molecular flexibility index (Phi) is 3.84. The van der Waals surface area contributed by atoms with Gasteiger partial charge in [0.1, 0.15) is 0 Å². The van der Waals surface area contributed by atoms with E-state index in [0.29, 0.717) is 0 Å². The SMILES string of the molecule is NC(=O)C(N)CNC1CCCNC1=O. The Balaban J connectivity index is 2.29. The molecule has 6 N–H and O–H groups in total. The number of hydrogen-bond donors (Lipinski definition) is 4. The highest BCUT2D eigenvalue weighted by Crippen LogP contribution is 2.02. The minimum Gasteiger partial charge on any atom is -0.368 e. The van der Waals surface area contributed by atoms with Gasteiger partial charge in [-0.05, 0) is 12.8 Å². The van der Waals surface area contributed by atoms with Crippen molar-refractivity contribution in [1.29, 1.82) is 0 Å². The molecule has 0 aromatic heterocycles. The van der Waals surface area contributed by atoms with E-state index in [-0.39, 0.29) is 18.5 Å². The van der Waals surface area contributed by atoms with Crippen molar-refractivity contribution in [3.05, 3.63) is 0 Å². The molecule has 1 aliphatic rings. The normalized spacial score (nSPS) is 24.1. The van der Waals surface area contributed by atoms with Crippen LogP contribution in [0.5, 0.6) is 0 Å². The Morgan fingerprint density at radius 2 is 2.43 bits per heavy atom. The molecule has 1 saturated heterocycles. The standard InChI is InChI=1S/C8H16N4O2/c9-5(7(10)13)4-12-6-2-1-3-11-8(6)14/h5-6,12H,1-4,9H2,(H2,10,13)(H,11,14). The number of rotatable bonds is 4. The number of hydrogen-bond acceptors (Lipinski definition) is 4. The fourth-order valence-electron chi connectivity index (χ4n) is 1.34. The van der Waals surface area contributed by atoms with Crippen LogP contribution < -0.4 is 22.1 Å². The van der Waals surface area contributed by atoms with Crippen molar-refractivity contribution < 1.29 is 9.59 Å². The molecule has 2 atom stereocenters. The average molecular weight is 200 g/mol. The molecular formula is C8H16N4O2. The molecule has 14 heavy (non-hydrogen) atoms. The van der Waals surface area contributed by atoms with E-state index in [9.17, 15) is 9.59 Å². The largest absolute Gasteiger partial charge is 0.368 e. The molecule has 0 aromatic rings. The second-order valence-corrected chi connectivity index (χ2v) is 3.40. The molecule has 1 heterocycles. The molecule has 0 bridgehead atoms. The molecule has 0 aliphatic carbocycles. The van der Waals surface area contributed by atoms with E-state index in [1.165, 1.54) is 0 Å². The highest BCUT2D eigenvalue weighted by Gasteiger charge is 2.22. The van der Waals surface area contributed by atoms with Crippen LogP contribution >= 0.6 is 0 Å². The number of nitrogens with one attached hydrogen (secondary N) is 2. The quantitative estimate of drug-likeness (QED) is 0.408. The third-order valence-corrected chi connectivity index (χ3v) is 2.23. The molecule has 2 amide bonds. The zero-order chi connectivity index (χ0) is 10.6. The van der Waals surface area contributed by atoms with Crippen molar-refractivity contribution in [3.8, 4) is 0 Å².